The van der Waals surface area contributed by atoms with Gasteiger partial charge in [-0.15, -0.1) is 0 Å². The van der Waals surface area contributed by atoms with Crippen LogP contribution in [0.5, 0.6) is 0 Å². The zero-order chi connectivity index (χ0) is 12.6. The molecule has 98 valence electrons. The zero-order valence-electron chi connectivity index (χ0n) is 11.2. The van der Waals surface area contributed by atoms with Crippen molar-refractivity contribution in [3.05, 3.63) is 29.8 Å². The van der Waals surface area contributed by atoms with Crippen molar-refractivity contribution in [3.63, 3.8) is 0 Å². The molecule has 3 rings (SSSR count). The lowest BCUT2D eigenvalue weighted by molar-refractivity contribution is 0.0213. The van der Waals surface area contributed by atoms with Gasteiger partial charge in [-0.3, -0.25) is 0 Å². The lowest BCUT2D eigenvalue weighted by atomic mass is 9.79. The van der Waals surface area contributed by atoms with Crippen LogP contribution >= 0.6 is 0 Å². The maximum Gasteiger partial charge on any atom is 0.0369 e. The second-order valence-electron chi connectivity index (χ2n) is 6.01. The van der Waals surface area contributed by atoms with Gasteiger partial charge in [-0.1, -0.05) is 12.1 Å². The van der Waals surface area contributed by atoms with E-state index in [9.17, 15) is 0 Å². The third-order valence-electron chi connectivity index (χ3n) is 4.37. The molecule has 1 aromatic rings. The first-order valence-corrected chi connectivity index (χ1v) is 6.95. The smallest absolute Gasteiger partial charge is 0.0369 e. The second kappa shape index (κ2) is 4.56. The molecule has 2 heterocycles. The van der Waals surface area contributed by atoms with Crippen molar-refractivity contribution in [3.8, 4) is 0 Å². The summed E-state index contributed by atoms with van der Waals surface area (Å²) >= 11 is 0. The Labute approximate surface area is 110 Å². The van der Waals surface area contributed by atoms with Gasteiger partial charge in [0.2, 0.25) is 0 Å². The van der Waals surface area contributed by atoms with Crippen molar-refractivity contribution in [2.45, 2.75) is 13.3 Å². The fourth-order valence-electron chi connectivity index (χ4n) is 3.48. The Bertz CT molecular complexity index is 424. The molecule has 0 bridgehead atoms. The van der Waals surface area contributed by atoms with E-state index >= 15 is 0 Å². The number of nitrogens with zero attached hydrogens (tertiary/aromatic N) is 2. The number of anilines is 1. The van der Waals surface area contributed by atoms with Crippen molar-refractivity contribution in [2.24, 2.45) is 11.1 Å². The van der Waals surface area contributed by atoms with E-state index < -0.39 is 0 Å². The molecule has 2 saturated heterocycles. The lowest BCUT2D eigenvalue weighted by Gasteiger charge is -2.48. The molecule has 3 heteroatoms. The Kier molecular flexibility index (Phi) is 3.04. The number of hydrogen-bond acceptors (Lipinski definition) is 3. The van der Waals surface area contributed by atoms with Gasteiger partial charge in [-0.05, 0) is 31.0 Å². The highest BCUT2D eigenvalue weighted by Gasteiger charge is 2.47. The summed E-state index contributed by atoms with van der Waals surface area (Å²) in [4.78, 5) is 5.03. The molecule has 2 N–H and O–H groups in total. The molecular formula is C15H23N3. The SMILES string of the molecule is Cc1cccc(N2CCC3(CN(CCN)C3)C2)c1. The van der Waals surface area contributed by atoms with Crippen LogP contribution in [-0.2, 0) is 0 Å². The molecule has 2 fully saturated rings. The van der Waals surface area contributed by atoms with Gasteiger partial charge in [-0.25, -0.2) is 0 Å². The van der Waals surface area contributed by atoms with E-state index in [-0.39, 0.29) is 0 Å². The first-order chi connectivity index (χ1) is 8.71. The standard InChI is InChI=1S/C15H23N3/c1-13-3-2-4-14(9-13)18-7-5-15(12-18)10-17(11-15)8-6-16/h2-4,9H,5-8,10-12,16H2,1H3. The number of hydrogen-bond donors (Lipinski definition) is 1. The molecule has 0 aliphatic carbocycles. The summed E-state index contributed by atoms with van der Waals surface area (Å²) in [5, 5.41) is 0. The summed E-state index contributed by atoms with van der Waals surface area (Å²) in [6.45, 7) is 8.93. The van der Waals surface area contributed by atoms with Crippen LogP contribution < -0.4 is 10.6 Å². The summed E-state index contributed by atoms with van der Waals surface area (Å²) in [6.07, 6.45) is 1.34. The minimum absolute atomic E-state index is 0.554. The number of likely N-dealkylation sites (tertiary alicyclic amines) is 1. The van der Waals surface area contributed by atoms with Crippen molar-refractivity contribution < 1.29 is 0 Å². The highest BCUT2D eigenvalue weighted by Crippen LogP contribution is 2.40. The van der Waals surface area contributed by atoms with Gasteiger partial charge in [0, 0.05) is 50.4 Å². The molecule has 2 aliphatic rings. The first-order valence-electron chi connectivity index (χ1n) is 6.95. The number of rotatable bonds is 3. The van der Waals surface area contributed by atoms with E-state index in [1.807, 2.05) is 0 Å². The van der Waals surface area contributed by atoms with E-state index in [4.69, 9.17) is 5.73 Å². The Balaban J connectivity index is 1.63. The number of benzene rings is 1. The second-order valence-corrected chi connectivity index (χ2v) is 6.01. The van der Waals surface area contributed by atoms with Crippen molar-refractivity contribution in [1.29, 1.82) is 0 Å². The molecule has 0 atom stereocenters. The Morgan fingerprint density at radius 2 is 2.11 bits per heavy atom. The normalized spacial score (nSPS) is 22.4. The van der Waals surface area contributed by atoms with Crippen LogP contribution in [0.15, 0.2) is 24.3 Å². The monoisotopic (exact) mass is 245 g/mol. The molecule has 0 aromatic heterocycles. The van der Waals surface area contributed by atoms with E-state index in [1.54, 1.807) is 0 Å². The van der Waals surface area contributed by atoms with Crippen LogP contribution in [-0.4, -0.2) is 44.2 Å². The fraction of sp³-hybridized carbons (Fsp3) is 0.600. The summed E-state index contributed by atoms with van der Waals surface area (Å²) in [5.41, 5.74) is 8.91. The Hall–Kier alpha value is -1.06. The van der Waals surface area contributed by atoms with E-state index in [0.717, 1.165) is 13.1 Å². The third kappa shape index (κ3) is 2.13. The van der Waals surface area contributed by atoms with Crippen LogP contribution in [0, 0.1) is 12.3 Å². The summed E-state index contributed by atoms with van der Waals surface area (Å²) in [5.74, 6) is 0. The summed E-state index contributed by atoms with van der Waals surface area (Å²) in [7, 11) is 0. The highest BCUT2D eigenvalue weighted by atomic mass is 15.3. The maximum atomic E-state index is 5.61. The quantitative estimate of drug-likeness (QED) is 0.875. The van der Waals surface area contributed by atoms with Crippen LogP contribution in [0.25, 0.3) is 0 Å². The summed E-state index contributed by atoms with van der Waals surface area (Å²) in [6, 6.07) is 8.87. The van der Waals surface area contributed by atoms with Gasteiger partial charge < -0.3 is 15.5 Å². The average molecular weight is 245 g/mol. The van der Waals surface area contributed by atoms with Gasteiger partial charge in [0.15, 0.2) is 0 Å². The minimum Gasteiger partial charge on any atom is -0.371 e. The molecule has 2 aliphatic heterocycles. The molecule has 1 aromatic carbocycles. The van der Waals surface area contributed by atoms with Crippen LogP contribution in [0.3, 0.4) is 0 Å². The molecule has 18 heavy (non-hydrogen) atoms. The van der Waals surface area contributed by atoms with Gasteiger partial charge in [0.05, 0.1) is 0 Å². The topological polar surface area (TPSA) is 32.5 Å². The minimum atomic E-state index is 0.554. The van der Waals surface area contributed by atoms with E-state index in [0.29, 0.717) is 5.41 Å². The third-order valence-corrected chi connectivity index (χ3v) is 4.37. The van der Waals surface area contributed by atoms with Crippen molar-refractivity contribution in [2.75, 3.05) is 44.2 Å². The highest BCUT2D eigenvalue weighted by molar-refractivity contribution is 5.50. The van der Waals surface area contributed by atoms with E-state index in [2.05, 4.69) is 41.0 Å². The average Bonchev–Trinajstić information content (AvgIpc) is 2.74. The Morgan fingerprint density at radius 3 is 2.83 bits per heavy atom. The molecule has 0 saturated carbocycles. The number of aryl methyl sites for hydroxylation is 1. The zero-order valence-corrected chi connectivity index (χ0v) is 11.2. The van der Waals surface area contributed by atoms with Crippen LogP contribution in [0.1, 0.15) is 12.0 Å². The maximum absolute atomic E-state index is 5.61. The lowest BCUT2D eigenvalue weighted by Crippen LogP contribution is -2.58. The van der Waals surface area contributed by atoms with Crippen LogP contribution in [0.2, 0.25) is 0 Å². The molecule has 0 unspecified atom stereocenters. The molecule has 3 nitrogen and oxygen atoms in total. The van der Waals surface area contributed by atoms with Gasteiger partial charge >= 0.3 is 0 Å². The largest absolute Gasteiger partial charge is 0.371 e. The van der Waals surface area contributed by atoms with Crippen molar-refractivity contribution in [1.82, 2.24) is 4.90 Å². The summed E-state index contributed by atoms with van der Waals surface area (Å²) < 4.78 is 0. The fourth-order valence-corrected chi connectivity index (χ4v) is 3.48. The first kappa shape index (κ1) is 12.0. The van der Waals surface area contributed by atoms with Gasteiger partial charge in [0.1, 0.15) is 0 Å². The van der Waals surface area contributed by atoms with Crippen LogP contribution in [0.4, 0.5) is 5.69 Å². The number of nitrogens with two attached hydrogens (primary N) is 1. The van der Waals surface area contributed by atoms with Crippen molar-refractivity contribution >= 4 is 5.69 Å². The van der Waals surface area contributed by atoms with Gasteiger partial charge in [-0.2, -0.15) is 0 Å². The predicted octanol–water partition coefficient (Wildman–Crippen LogP) is 1.47. The van der Waals surface area contributed by atoms with E-state index in [1.165, 1.54) is 43.9 Å². The molecular weight excluding hydrogens is 222 g/mol. The molecule has 1 spiro atoms. The molecule has 0 radical (unpaired) electrons. The van der Waals surface area contributed by atoms with Gasteiger partial charge in [0.25, 0.3) is 0 Å². The molecule has 0 amide bonds. The predicted molar refractivity (Wildman–Crippen MR) is 75.9 cm³/mol. The Morgan fingerprint density at radius 1 is 1.28 bits per heavy atom.